The van der Waals surface area contributed by atoms with Crippen LogP contribution in [0.1, 0.15) is 12.5 Å². The molecule has 0 spiro atoms. The Morgan fingerprint density at radius 2 is 2.21 bits per heavy atom. The molecular weight excluding hydrogens is 270 g/mol. The standard InChI is InChI=1S/C11H13N3O4S/c1-3-18-11(15)13-19(16,17)14(2)10-6-4-5-9(7-10)8-12/h4-7H,3H2,1-2H3,(H,13,15). The summed E-state index contributed by atoms with van der Waals surface area (Å²) >= 11 is 0. The van der Waals surface area contributed by atoms with Gasteiger partial charge < -0.3 is 4.74 Å². The average Bonchev–Trinajstić information content (AvgIpc) is 2.37. The van der Waals surface area contributed by atoms with Crippen molar-refractivity contribution >= 4 is 22.0 Å². The van der Waals surface area contributed by atoms with Crippen molar-refractivity contribution in [3.63, 3.8) is 0 Å². The molecule has 0 aliphatic carbocycles. The smallest absolute Gasteiger partial charge is 0.422 e. The van der Waals surface area contributed by atoms with Crippen molar-refractivity contribution < 1.29 is 17.9 Å². The van der Waals surface area contributed by atoms with Crippen molar-refractivity contribution in [1.82, 2.24) is 4.72 Å². The molecule has 102 valence electrons. The van der Waals surface area contributed by atoms with Crippen molar-refractivity contribution in [1.29, 1.82) is 5.26 Å². The number of nitriles is 1. The Kier molecular flexibility index (Phi) is 4.72. The van der Waals surface area contributed by atoms with Gasteiger partial charge >= 0.3 is 16.3 Å². The summed E-state index contributed by atoms with van der Waals surface area (Å²) in [6.45, 7) is 1.63. The van der Waals surface area contributed by atoms with Crippen LogP contribution < -0.4 is 9.03 Å². The predicted molar refractivity (Wildman–Crippen MR) is 68.6 cm³/mol. The van der Waals surface area contributed by atoms with Gasteiger partial charge in [-0.25, -0.2) is 9.52 Å². The topological polar surface area (TPSA) is 99.5 Å². The van der Waals surface area contributed by atoms with Crippen molar-refractivity contribution in [3.8, 4) is 6.07 Å². The van der Waals surface area contributed by atoms with E-state index in [2.05, 4.69) is 4.74 Å². The lowest BCUT2D eigenvalue weighted by molar-refractivity contribution is 0.158. The highest BCUT2D eigenvalue weighted by molar-refractivity contribution is 7.91. The van der Waals surface area contributed by atoms with E-state index in [-0.39, 0.29) is 12.3 Å². The second-order valence-electron chi connectivity index (χ2n) is 3.46. The van der Waals surface area contributed by atoms with Gasteiger partial charge in [-0.2, -0.15) is 13.7 Å². The zero-order valence-corrected chi connectivity index (χ0v) is 11.3. The van der Waals surface area contributed by atoms with E-state index >= 15 is 0 Å². The number of hydrogen-bond donors (Lipinski definition) is 1. The van der Waals surface area contributed by atoms with Gasteiger partial charge in [0.25, 0.3) is 0 Å². The third-order valence-electron chi connectivity index (χ3n) is 2.19. The lowest BCUT2D eigenvalue weighted by atomic mass is 10.2. The largest absolute Gasteiger partial charge is 0.449 e. The van der Waals surface area contributed by atoms with Crippen LogP contribution in [0.3, 0.4) is 0 Å². The molecule has 19 heavy (non-hydrogen) atoms. The molecule has 0 bridgehead atoms. The molecule has 0 atom stereocenters. The number of rotatable bonds is 4. The van der Waals surface area contributed by atoms with Crippen molar-refractivity contribution in [2.45, 2.75) is 6.92 Å². The maximum atomic E-state index is 11.8. The van der Waals surface area contributed by atoms with Crippen LogP contribution in [-0.4, -0.2) is 28.2 Å². The Hall–Kier alpha value is -2.27. The van der Waals surface area contributed by atoms with E-state index < -0.39 is 16.3 Å². The van der Waals surface area contributed by atoms with Gasteiger partial charge in [0, 0.05) is 7.05 Å². The van der Waals surface area contributed by atoms with E-state index in [4.69, 9.17) is 5.26 Å². The Balaban J connectivity index is 2.95. The normalized spacial score (nSPS) is 10.4. The third-order valence-corrected chi connectivity index (χ3v) is 3.54. The van der Waals surface area contributed by atoms with Crippen LogP contribution in [0.4, 0.5) is 10.5 Å². The van der Waals surface area contributed by atoms with Gasteiger partial charge in [-0.1, -0.05) is 6.07 Å². The number of nitrogens with one attached hydrogen (secondary N) is 1. The molecular formula is C11H13N3O4S. The van der Waals surface area contributed by atoms with Crippen molar-refractivity contribution in [2.24, 2.45) is 0 Å². The summed E-state index contributed by atoms with van der Waals surface area (Å²) < 4.78 is 30.8. The number of amides is 1. The number of ether oxygens (including phenoxy) is 1. The van der Waals surface area contributed by atoms with E-state index in [1.807, 2.05) is 6.07 Å². The summed E-state index contributed by atoms with van der Waals surface area (Å²) in [6.07, 6.45) is -1.05. The minimum absolute atomic E-state index is 0.0645. The van der Waals surface area contributed by atoms with Gasteiger partial charge in [-0.3, -0.25) is 4.31 Å². The zero-order valence-electron chi connectivity index (χ0n) is 10.5. The average molecular weight is 283 g/mol. The van der Waals surface area contributed by atoms with E-state index in [1.54, 1.807) is 23.8 Å². The van der Waals surface area contributed by atoms with Crippen LogP contribution in [0.5, 0.6) is 0 Å². The van der Waals surface area contributed by atoms with Crippen LogP contribution in [0.2, 0.25) is 0 Å². The summed E-state index contributed by atoms with van der Waals surface area (Å²) in [6, 6.07) is 7.89. The molecule has 1 aromatic carbocycles. The molecule has 0 aliphatic rings. The Bertz CT molecular complexity index is 607. The molecule has 1 N–H and O–H groups in total. The van der Waals surface area contributed by atoms with Crippen LogP contribution >= 0.6 is 0 Å². The van der Waals surface area contributed by atoms with Crippen molar-refractivity contribution in [2.75, 3.05) is 18.0 Å². The molecule has 0 radical (unpaired) electrons. The van der Waals surface area contributed by atoms with E-state index in [0.717, 1.165) is 4.31 Å². The molecule has 1 aromatic rings. The van der Waals surface area contributed by atoms with E-state index in [1.165, 1.54) is 19.2 Å². The summed E-state index contributed by atoms with van der Waals surface area (Å²) in [5.74, 6) is 0. The first-order chi connectivity index (χ1) is 8.90. The SMILES string of the molecule is CCOC(=O)NS(=O)(=O)N(C)c1cccc(C#N)c1. The Morgan fingerprint density at radius 3 is 2.79 bits per heavy atom. The summed E-state index contributed by atoms with van der Waals surface area (Å²) in [7, 11) is -2.80. The van der Waals surface area contributed by atoms with Gasteiger partial charge in [-0.05, 0) is 25.1 Å². The molecule has 0 saturated carbocycles. The maximum Gasteiger partial charge on any atom is 0.422 e. The second-order valence-corrected chi connectivity index (χ2v) is 5.16. The molecule has 0 aromatic heterocycles. The van der Waals surface area contributed by atoms with Crippen LogP contribution in [-0.2, 0) is 14.9 Å². The molecule has 0 heterocycles. The molecule has 1 rings (SSSR count). The molecule has 0 aliphatic heterocycles. The number of hydrogen-bond acceptors (Lipinski definition) is 5. The number of carbonyl (C=O) groups excluding carboxylic acids is 1. The first-order valence-corrected chi connectivity index (χ1v) is 6.78. The molecule has 8 heteroatoms. The lowest BCUT2D eigenvalue weighted by Gasteiger charge is -2.19. The van der Waals surface area contributed by atoms with Crippen molar-refractivity contribution in [3.05, 3.63) is 29.8 Å². The quantitative estimate of drug-likeness (QED) is 0.888. The fourth-order valence-electron chi connectivity index (χ4n) is 1.24. The fourth-order valence-corrected chi connectivity index (χ4v) is 2.04. The molecule has 0 saturated heterocycles. The van der Waals surface area contributed by atoms with Gasteiger partial charge in [0.1, 0.15) is 0 Å². The van der Waals surface area contributed by atoms with Crippen LogP contribution in [0.25, 0.3) is 0 Å². The minimum atomic E-state index is -4.06. The third kappa shape index (κ3) is 3.86. The Morgan fingerprint density at radius 1 is 1.53 bits per heavy atom. The highest BCUT2D eigenvalue weighted by Gasteiger charge is 2.21. The first kappa shape index (κ1) is 14.8. The highest BCUT2D eigenvalue weighted by Crippen LogP contribution is 2.16. The van der Waals surface area contributed by atoms with Gasteiger partial charge in [0.15, 0.2) is 0 Å². The number of carbonyl (C=O) groups is 1. The van der Waals surface area contributed by atoms with Gasteiger partial charge in [0.2, 0.25) is 0 Å². The van der Waals surface area contributed by atoms with E-state index in [0.29, 0.717) is 5.56 Å². The number of nitrogens with zero attached hydrogens (tertiary/aromatic N) is 2. The fraction of sp³-hybridized carbons (Fsp3) is 0.273. The van der Waals surface area contributed by atoms with E-state index in [9.17, 15) is 13.2 Å². The lowest BCUT2D eigenvalue weighted by Crippen LogP contribution is -2.41. The number of anilines is 1. The first-order valence-electron chi connectivity index (χ1n) is 5.34. The molecule has 0 fully saturated rings. The summed E-state index contributed by atoms with van der Waals surface area (Å²) in [5, 5.41) is 8.75. The van der Waals surface area contributed by atoms with Crippen LogP contribution in [0.15, 0.2) is 24.3 Å². The molecule has 7 nitrogen and oxygen atoms in total. The summed E-state index contributed by atoms with van der Waals surface area (Å²) in [5.41, 5.74) is 0.575. The maximum absolute atomic E-state index is 11.8. The molecule has 0 unspecified atom stereocenters. The second kappa shape index (κ2) is 6.06. The van der Waals surface area contributed by atoms with Gasteiger partial charge in [0.05, 0.1) is 23.9 Å². The number of benzene rings is 1. The minimum Gasteiger partial charge on any atom is -0.449 e. The highest BCUT2D eigenvalue weighted by atomic mass is 32.2. The monoisotopic (exact) mass is 283 g/mol. The van der Waals surface area contributed by atoms with Gasteiger partial charge in [-0.15, -0.1) is 0 Å². The summed E-state index contributed by atoms with van der Waals surface area (Å²) in [4.78, 5) is 11.1. The van der Waals surface area contributed by atoms with Crippen LogP contribution in [0, 0.1) is 11.3 Å². The predicted octanol–water partition coefficient (Wildman–Crippen LogP) is 0.985. The Labute approximate surface area is 111 Å². The zero-order chi connectivity index (χ0) is 14.5. The molecule has 1 amide bonds.